The lowest BCUT2D eigenvalue weighted by molar-refractivity contribution is 0.388. The lowest BCUT2D eigenvalue weighted by Gasteiger charge is -2.22. The van der Waals surface area contributed by atoms with Crippen molar-refractivity contribution in [2.75, 3.05) is 13.1 Å². The minimum Gasteiger partial charge on any atom is -0.320 e. The van der Waals surface area contributed by atoms with Gasteiger partial charge in [0.05, 0.1) is 11.4 Å². The van der Waals surface area contributed by atoms with Crippen molar-refractivity contribution < 1.29 is 8.42 Å². The normalized spacial score (nSPS) is 18.4. The van der Waals surface area contributed by atoms with Crippen LogP contribution in [0.4, 0.5) is 0 Å². The second-order valence-electron chi connectivity index (χ2n) is 5.75. The molecule has 112 valence electrons. The Balaban J connectivity index is 1.96. The molecule has 0 atom stereocenters. The summed E-state index contributed by atoms with van der Waals surface area (Å²) in [4.78, 5) is 0.318. The third-order valence-electron chi connectivity index (χ3n) is 3.89. The molecule has 2 aliphatic carbocycles. The fourth-order valence-electron chi connectivity index (χ4n) is 2.43. The highest BCUT2D eigenvalue weighted by atomic mass is 32.2. The first kappa shape index (κ1) is 14.6. The molecule has 2 N–H and O–H groups in total. The van der Waals surface area contributed by atoms with Gasteiger partial charge in [0.25, 0.3) is 0 Å². The molecule has 21 heavy (non-hydrogen) atoms. The zero-order chi connectivity index (χ0) is 14.9. The van der Waals surface area contributed by atoms with Crippen molar-refractivity contribution >= 4 is 10.0 Å². The molecule has 0 unspecified atom stereocenters. The van der Waals surface area contributed by atoms with Crippen LogP contribution in [-0.4, -0.2) is 31.9 Å². The van der Waals surface area contributed by atoms with Gasteiger partial charge in [0.2, 0.25) is 10.0 Å². The first-order valence-corrected chi connectivity index (χ1v) is 8.86. The van der Waals surface area contributed by atoms with Gasteiger partial charge in [-0.25, -0.2) is 8.42 Å². The predicted molar refractivity (Wildman–Crippen MR) is 82.0 cm³/mol. The Labute approximate surface area is 126 Å². The molecule has 2 saturated carbocycles. The summed E-state index contributed by atoms with van der Waals surface area (Å²) in [5.74, 6) is 6.17. The molecule has 1 aromatic carbocycles. The number of sulfonamides is 1. The van der Waals surface area contributed by atoms with Gasteiger partial charge < -0.3 is 5.73 Å². The average Bonchev–Trinajstić information content (AvgIpc) is 3.36. The van der Waals surface area contributed by atoms with E-state index in [0.717, 1.165) is 25.7 Å². The first-order chi connectivity index (χ1) is 10.1. The number of hydrogen-bond donors (Lipinski definition) is 1. The summed E-state index contributed by atoms with van der Waals surface area (Å²) in [6, 6.07) is 7.15. The van der Waals surface area contributed by atoms with Crippen molar-refractivity contribution in [3.8, 4) is 11.8 Å². The Morgan fingerprint density at radius 3 is 2.52 bits per heavy atom. The van der Waals surface area contributed by atoms with Crippen LogP contribution < -0.4 is 5.73 Å². The molecular weight excluding hydrogens is 284 g/mol. The zero-order valence-electron chi connectivity index (χ0n) is 12.0. The smallest absolute Gasteiger partial charge is 0.244 e. The Morgan fingerprint density at radius 1 is 1.19 bits per heavy atom. The summed E-state index contributed by atoms with van der Waals surface area (Å²) in [5, 5.41) is 0. The molecule has 0 aliphatic heterocycles. The van der Waals surface area contributed by atoms with Crippen LogP contribution in [0.2, 0.25) is 0 Å². The van der Waals surface area contributed by atoms with Gasteiger partial charge in [-0.05, 0) is 43.7 Å². The third-order valence-corrected chi connectivity index (χ3v) is 5.86. The van der Waals surface area contributed by atoms with Gasteiger partial charge in [0, 0.05) is 18.2 Å². The number of nitrogens with two attached hydrogens (primary N) is 1. The van der Waals surface area contributed by atoms with Crippen LogP contribution in [-0.2, 0) is 10.0 Å². The predicted octanol–water partition coefficient (Wildman–Crippen LogP) is 1.56. The first-order valence-electron chi connectivity index (χ1n) is 7.42. The van der Waals surface area contributed by atoms with E-state index in [1.807, 2.05) is 6.07 Å². The summed E-state index contributed by atoms with van der Waals surface area (Å²) in [7, 11) is -3.46. The van der Waals surface area contributed by atoms with Crippen LogP contribution >= 0.6 is 0 Å². The van der Waals surface area contributed by atoms with Crippen molar-refractivity contribution in [2.24, 2.45) is 11.7 Å². The molecule has 0 saturated heterocycles. The summed E-state index contributed by atoms with van der Waals surface area (Å²) < 4.78 is 27.7. The standard InChI is InChI=1S/C16H20N2O2S/c17-11-3-5-14-4-1-2-6-16(14)21(19,20)18(15-9-10-15)12-13-7-8-13/h1-2,4,6,13,15H,7-12,17H2. The Bertz CT molecular complexity index is 680. The van der Waals surface area contributed by atoms with E-state index >= 15 is 0 Å². The fraction of sp³-hybridized carbons (Fsp3) is 0.500. The second-order valence-corrected chi connectivity index (χ2v) is 7.61. The maximum Gasteiger partial charge on any atom is 0.244 e. The Morgan fingerprint density at radius 2 is 1.90 bits per heavy atom. The molecule has 0 radical (unpaired) electrons. The second kappa shape index (κ2) is 5.80. The largest absolute Gasteiger partial charge is 0.320 e. The minimum atomic E-state index is -3.46. The van der Waals surface area contributed by atoms with Crippen molar-refractivity contribution in [1.29, 1.82) is 0 Å². The van der Waals surface area contributed by atoms with E-state index in [-0.39, 0.29) is 12.6 Å². The van der Waals surface area contributed by atoms with Gasteiger partial charge in [-0.1, -0.05) is 24.0 Å². The quantitative estimate of drug-likeness (QED) is 0.840. The van der Waals surface area contributed by atoms with Crippen LogP contribution in [0.25, 0.3) is 0 Å². The van der Waals surface area contributed by atoms with Gasteiger partial charge in [0.1, 0.15) is 0 Å². The van der Waals surface area contributed by atoms with E-state index in [9.17, 15) is 8.42 Å². The Kier molecular flexibility index (Phi) is 4.03. The van der Waals surface area contributed by atoms with Gasteiger partial charge in [-0.3, -0.25) is 0 Å². The highest BCUT2D eigenvalue weighted by molar-refractivity contribution is 7.89. The summed E-state index contributed by atoms with van der Waals surface area (Å²) in [5.41, 5.74) is 5.94. The maximum absolute atomic E-state index is 13.0. The minimum absolute atomic E-state index is 0.186. The van der Waals surface area contributed by atoms with Crippen molar-refractivity contribution in [3.63, 3.8) is 0 Å². The van der Waals surface area contributed by atoms with Crippen LogP contribution in [0.3, 0.4) is 0 Å². The molecule has 0 aromatic heterocycles. The van der Waals surface area contributed by atoms with E-state index in [2.05, 4.69) is 11.8 Å². The molecular formula is C16H20N2O2S. The van der Waals surface area contributed by atoms with Crippen molar-refractivity contribution in [1.82, 2.24) is 4.31 Å². The lowest BCUT2D eigenvalue weighted by atomic mass is 10.2. The molecule has 0 bridgehead atoms. The summed E-state index contributed by atoms with van der Waals surface area (Å²) >= 11 is 0. The molecule has 2 fully saturated rings. The maximum atomic E-state index is 13.0. The van der Waals surface area contributed by atoms with Crippen LogP contribution in [0.5, 0.6) is 0 Å². The molecule has 2 aliphatic rings. The van der Waals surface area contributed by atoms with Gasteiger partial charge in [-0.15, -0.1) is 0 Å². The van der Waals surface area contributed by atoms with E-state index in [1.54, 1.807) is 22.5 Å². The van der Waals surface area contributed by atoms with Gasteiger partial charge >= 0.3 is 0 Å². The highest BCUT2D eigenvalue weighted by Gasteiger charge is 2.41. The number of nitrogens with zero attached hydrogens (tertiary/aromatic N) is 1. The van der Waals surface area contributed by atoms with Gasteiger partial charge in [0.15, 0.2) is 0 Å². The topological polar surface area (TPSA) is 63.4 Å². The fourth-order valence-corrected chi connectivity index (χ4v) is 4.34. The van der Waals surface area contributed by atoms with Crippen molar-refractivity contribution in [2.45, 2.75) is 36.6 Å². The van der Waals surface area contributed by atoms with E-state index < -0.39 is 10.0 Å². The average molecular weight is 304 g/mol. The number of benzene rings is 1. The number of rotatable bonds is 5. The van der Waals surface area contributed by atoms with Crippen LogP contribution in [0, 0.1) is 17.8 Å². The molecule has 1 aromatic rings. The molecule has 4 nitrogen and oxygen atoms in total. The SMILES string of the molecule is NCC#Cc1ccccc1S(=O)(=O)N(CC1CC1)C1CC1. The van der Waals surface area contributed by atoms with E-state index in [1.165, 1.54) is 0 Å². The van der Waals surface area contributed by atoms with Crippen LogP contribution in [0.1, 0.15) is 31.2 Å². The van der Waals surface area contributed by atoms with E-state index in [0.29, 0.717) is 22.9 Å². The summed E-state index contributed by atoms with van der Waals surface area (Å²) in [6.45, 7) is 0.883. The molecule has 5 heteroatoms. The third kappa shape index (κ3) is 3.29. The zero-order valence-corrected chi connectivity index (χ0v) is 12.8. The summed E-state index contributed by atoms with van der Waals surface area (Å²) in [6.07, 6.45) is 4.24. The lowest BCUT2D eigenvalue weighted by Crippen LogP contribution is -2.35. The monoisotopic (exact) mass is 304 g/mol. The molecule has 3 rings (SSSR count). The Hall–Kier alpha value is -1.35. The molecule has 0 spiro atoms. The molecule has 0 amide bonds. The highest BCUT2D eigenvalue weighted by Crippen LogP contribution is 2.38. The molecule has 0 heterocycles. The van der Waals surface area contributed by atoms with Crippen LogP contribution in [0.15, 0.2) is 29.2 Å². The van der Waals surface area contributed by atoms with Gasteiger partial charge in [-0.2, -0.15) is 4.31 Å². The van der Waals surface area contributed by atoms with E-state index in [4.69, 9.17) is 5.73 Å². The van der Waals surface area contributed by atoms with Crippen molar-refractivity contribution in [3.05, 3.63) is 29.8 Å². The number of hydrogen-bond acceptors (Lipinski definition) is 3.